The van der Waals surface area contributed by atoms with Gasteiger partial charge in [-0.3, -0.25) is 19.3 Å². The Balaban J connectivity index is 1.82. The van der Waals surface area contributed by atoms with Crippen LogP contribution in [0.1, 0.15) is 44.9 Å². The Kier molecular flexibility index (Phi) is 5.34. The van der Waals surface area contributed by atoms with E-state index in [1.54, 1.807) is 23.9 Å². The van der Waals surface area contributed by atoms with Crippen molar-refractivity contribution >= 4 is 29.5 Å². The number of carboxylic acid groups (broad SMARTS) is 1. The van der Waals surface area contributed by atoms with Crippen LogP contribution in [0.3, 0.4) is 0 Å². The van der Waals surface area contributed by atoms with Crippen LogP contribution in [0.4, 0.5) is 11.4 Å². The lowest BCUT2D eigenvalue weighted by Crippen LogP contribution is -2.43. The Morgan fingerprint density at radius 2 is 2.00 bits per heavy atom. The van der Waals surface area contributed by atoms with Crippen molar-refractivity contribution in [1.82, 2.24) is 9.78 Å². The summed E-state index contributed by atoms with van der Waals surface area (Å²) in [6.07, 6.45) is 4.64. The van der Waals surface area contributed by atoms with Crippen molar-refractivity contribution < 1.29 is 14.7 Å². The number of aliphatic carboxylic acids is 1. The highest BCUT2D eigenvalue weighted by Gasteiger charge is 2.58. The van der Waals surface area contributed by atoms with Crippen LogP contribution in [-0.4, -0.2) is 33.0 Å². The molecule has 1 aromatic carbocycles. The molecule has 2 N–H and O–H groups in total. The molecule has 1 aromatic heterocycles. The molecule has 0 unspecified atom stereocenters. The van der Waals surface area contributed by atoms with Gasteiger partial charge in [0.15, 0.2) is 0 Å². The summed E-state index contributed by atoms with van der Waals surface area (Å²) in [6.45, 7) is 7.38. The first kappa shape index (κ1) is 20.8. The number of rotatable bonds is 5. The van der Waals surface area contributed by atoms with Gasteiger partial charge in [-0.25, -0.2) is 0 Å². The Morgan fingerprint density at radius 3 is 2.59 bits per heavy atom. The zero-order chi connectivity index (χ0) is 21.4. The summed E-state index contributed by atoms with van der Waals surface area (Å²) in [5, 5.41) is 17.0. The van der Waals surface area contributed by atoms with Gasteiger partial charge >= 0.3 is 5.97 Å². The highest BCUT2D eigenvalue weighted by molar-refractivity contribution is 5.97. The zero-order valence-electron chi connectivity index (χ0n) is 17.6. The maximum absolute atomic E-state index is 13.1. The molecule has 1 saturated carbocycles. The molecule has 0 bridgehead atoms. The van der Waals surface area contributed by atoms with Crippen molar-refractivity contribution in [1.29, 1.82) is 0 Å². The van der Waals surface area contributed by atoms with Crippen LogP contribution < -0.4 is 5.32 Å². The van der Waals surface area contributed by atoms with Gasteiger partial charge < -0.3 is 10.4 Å². The van der Waals surface area contributed by atoms with E-state index in [9.17, 15) is 14.7 Å². The van der Waals surface area contributed by atoms with Gasteiger partial charge in [0, 0.05) is 30.9 Å². The number of carbonyl (C=O) groups excluding carboxylic acids is 1. The van der Waals surface area contributed by atoms with E-state index in [1.165, 1.54) is 0 Å². The molecule has 29 heavy (non-hydrogen) atoms. The molecule has 0 radical (unpaired) electrons. The van der Waals surface area contributed by atoms with Crippen LogP contribution in [0.5, 0.6) is 0 Å². The monoisotopic (exact) mass is 396 g/mol. The number of nitrogens with zero attached hydrogens (tertiary/aromatic N) is 3. The van der Waals surface area contributed by atoms with Crippen molar-refractivity contribution in [2.75, 3.05) is 5.32 Å². The number of hydrogen-bond acceptors (Lipinski definition) is 4. The predicted octanol–water partition coefficient (Wildman–Crippen LogP) is 3.94. The third-order valence-corrected chi connectivity index (χ3v) is 6.57. The quantitative estimate of drug-likeness (QED) is 0.748. The lowest BCUT2D eigenvalue weighted by Gasteiger charge is -2.37. The number of benzene rings is 1. The molecule has 1 fully saturated rings. The normalized spacial score (nSPS) is 23.4. The van der Waals surface area contributed by atoms with Crippen LogP contribution in [0.25, 0.3) is 0 Å². The van der Waals surface area contributed by atoms with Crippen molar-refractivity contribution in [3.05, 3.63) is 41.7 Å². The van der Waals surface area contributed by atoms with E-state index in [0.29, 0.717) is 24.2 Å². The molecule has 3 rings (SSSR count). The smallest absolute Gasteiger partial charge is 0.309 e. The maximum Gasteiger partial charge on any atom is 0.309 e. The standard InChI is InChI=1S/C22H28N4O3/c1-14-15(13-26(5)25-14)12-23-17-8-6-7-9-18(17)24-19(27)16-10-11-22(4,20(28)29)21(16,2)3/h6-9,12-13,16H,10-11H2,1-5H3,(H,24,27)(H,28,29)/t16-,22+/m0/s1. The Morgan fingerprint density at radius 1 is 1.31 bits per heavy atom. The van der Waals surface area contributed by atoms with Gasteiger partial charge in [0.2, 0.25) is 5.91 Å². The summed E-state index contributed by atoms with van der Waals surface area (Å²) in [5.74, 6) is -1.41. The second kappa shape index (κ2) is 7.46. The summed E-state index contributed by atoms with van der Waals surface area (Å²) < 4.78 is 1.73. The van der Waals surface area contributed by atoms with E-state index < -0.39 is 16.8 Å². The fourth-order valence-electron chi connectivity index (χ4n) is 4.14. The molecule has 0 saturated heterocycles. The molecule has 0 spiro atoms. The summed E-state index contributed by atoms with van der Waals surface area (Å²) >= 11 is 0. The molecule has 1 aliphatic rings. The number of aryl methyl sites for hydroxylation is 2. The first-order valence-electron chi connectivity index (χ1n) is 9.74. The molecular formula is C22H28N4O3. The highest BCUT2D eigenvalue weighted by Crippen LogP contribution is 2.56. The van der Waals surface area contributed by atoms with E-state index in [4.69, 9.17) is 0 Å². The summed E-state index contributed by atoms with van der Waals surface area (Å²) in [6, 6.07) is 7.34. The number of aliphatic imine (C=N–C) groups is 1. The van der Waals surface area contributed by atoms with Crippen LogP contribution in [0.2, 0.25) is 0 Å². The fourth-order valence-corrected chi connectivity index (χ4v) is 4.14. The molecule has 1 amide bonds. The maximum atomic E-state index is 13.1. The summed E-state index contributed by atoms with van der Waals surface area (Å²) in [5.41, 5.74) is 1.44. The third-order valence-electron chi connectivity index (χ3n) is 6.57. The van der Waals surface area contributed by atoms with Crippen LogP contribution in [0.15, 0.2) is 35.5 Å². The fraction of sp³-hybridized carbons (Fsp3) is 0.455. The summed E-state index contributed by atoms with van der Waals surface area (Å²) in [7, 11) is 1.85. The van der Waals surface area contributed by atoms with Gasteiger partial charge in [-0.1, -0.05) is 26.0 Å². The molecule has 154 valence electrons. The lowest BCUT2D eigenvalue weighted by molar-refractivity contribution is -0.154. The Labute approximate surface area is 170 Å². The van der Waals surface area contributed by atoms with Crippen molar-refractivity contribution in [2.24, 2.45) is 28.8 Å². The second-order valence-corrected chi connectivity index (χ2v) is 8.56. The molecule has 2 aromatic rings. The van der Waals surface area contributed by atoms with Gasteiger partial charge in [0.05, 0.1) is 22.5 Å². The molecule has 2 atom stereocenters. The minimum atomic E-state index is -0.926. The number of carbonyl (C=O) groups is 2. The molecule has 1 heterocycles. The number of aromatic nitrogens is 2. The predicted molar refractivity (Wildman–Crippen MR) is 113 cm³/mol. The number of hydrogen-bond donors (Lipinski definition) is 2. The molecular weight excluding hydrogens is 368 g/mol. The van der Waals surface area contributed by atoms with Gasteiger partial charge in [-0.2, -0.15) is 5.10 Å². The van der Waals surface area contributed by atoms with E-state index >= 15 is 0 Å². The average Bonchev–Trinajstić information content (AvgIpc) is 3.09. The Bertz CT molecular complexity index is 976. The highest BCUT2D eigenvalue weighted by atomic mass is 16.4. The van der Waals surface area contributed by atoms with Crippen molar-refractivity contribution in [3.8, 4) is 0 Å². The van der Waals surface area contributed by atoms with Crippen LogP contribution in [0, 0.1) is 23.7 Å². The molecule has 0 aliphatic heterocycles. The topological polar surface area (TPSA) is 96.6 Å². The molecule has 1 aliphatic carbocycles. The number of amides is 1. The summed E-state index contributed by atoms with van der Waals surface area (Å²) in [4.78, 5) is 29.4. The second-order valence-electron chi connectivity index (χ2n) is 8.56. The number of anilines is 1. The first-order valence-corrected chi connectivity index (χ1v) is 9.74. The largest absolute Gasteiger partial charge is 0.481 e. The minimum absolute atomic E-state index is 0.166. The van der Waals surface area contributed by atoms with Crippen LogP contribution in [-0.2, 0) is 16.6 Å². The third kappa shape index (κ3) is 3.69. The zero-order valence-corrected chi connectivity index (χ0v) is 17.6. The van der Waals surface area contributed by atoms with Gasteiger partial charge in [-0.15, -0.1) is 0 Å². The molecule has 7 heteroatoms. The van der Waals surface area contributed by atoms with E-state index in [1.807, 2.05) is 52.2 Å². The van der Waals surface area contributed by atoms with Gasteiger partial charge in [0.25, 0.3) is 0 Å². The number of para-hydroxylation sites is 2. The number of nitrogens with one attached hydrogen (secondary N) is 1. The van der Waals surface area contributed by atoms with E-state index in [2.05, 4.69) is 15.4 Å². The van der Waals surface area contributed by atoms with Crippen LogP contribution >= 0.6 is 0 Å². The SMILES string of the molecule is Cc1nn(C)cc1C=Nc1ccccc1NC(=O)[C@@H]1CC[C@](C)(C(=O)O)C1(C)C. The Hall–Kier alpha value is -2.96. The number of carboxylic acids is 1. The van der Waals surface area contributed by atoms with E-state index in [0.717, 1.165) is 11.3 Å². The van der Waals surface area contributed by atoms with Crippen molar-refractivity contribution in [3.63, 3.8) is 0 Å². The van der Waals surface area contributed by atoms with Gasteiger partial charge in [0.1, 0.15) is 0 Å². The van der Waals surface area contributed by atoms with E-state index in [-0.39, 0.29) is 11.8 Å². The first-order chi connectivity index (χ1) is 13.6. The lowest BCUT2D eigenvalue weighted by atomic mass is 9.65. The van der Waals surface area contributed by atoms with Gasteiger partial charge in [-0.05, 0) is 44.2 Å². The minimum Gasteiger partial charge on any atom is -0.481 e. The van der Waals surface area contributed by atoms with Crippen molar-refractivity contribution in [2.45, 2.75) is 40.5 Å². The average molecular weight is 396 g/mol. The molecule has 7 nitrogen and oxygen atoms in total.